The van der Waals surface area contributed by atoms with Crippen molar-refractivity contribution in [2.45, 2.75) is 56.0 Å². The lowest BCUT2D eigenvalue weighted by molar-refractivity contribution is 0.459. The van der Waals surface area contributed by atoms with E-state index in [9.17, 15) is 0 Å². The molecule has 1 aliphatic rings. The maximum absolute atomic E-state index is 3.71. The van der Waals surface area contributed by atoms with E-state index in [0.717, 1.165) is 12.6 Å². The van der Waals surface area contributed by atoms with Gasteiger partial charge in [0.05, 0.1) is 0 Å². The zero-order valence-electron chi connectivity index (χ0n) is 10.7. The number of hydrogen-bond acceptors (Lipinski definition) is 2. The van der Waals surface area contributed by atoms with Gasteiger partial charge in [-0.15, -0.1) is 11.8 Å². The molecule has 0 aliphatic heterocycles. The van der Waals surface area contributed by atoms with E-state index >= 15 is 0 Å². The second-order valence-electron chi connectivity index (χ2n) is 4.92. The summed E-state index contributed by atoms with van der Waals surface area (Å²) in [5, 5.41) is 3.71. The molecule has 0 radical (unpaired) electrons. The number of benzene rings is 1. The van der Waals surface area contributed by atoms with Crippen LogP contribution in [-0.2, 0) is 6.54 Å². The first kappa shape index (κ1) is 13.0. The van der Waals surface area contributed by atoms with Crippen molar-refractivity contribution in [3.63, 3.8) is 0 Å². The van der Waals surface area contributed by atoms with Crippen LogP contribution in [0.1, 0.15) is 44.1 Å². The van der Waals surface area contributed by atoms with Crippen molar-refractivity contribution in [1.29, 1.82) is 0 Å². The predicted octanol–water partition coefficient (Wildman–Crippen LogP) is 4.22. The lowest BCUT2D eigenvalue weighted by Crippen LogP contribution is -2.27. The molecule has 2 heteroatoms. The average molecular weight is 249 g/mol. The first-order valence-corrected chi connectivity index (χ1v) is 7.97. The Labute approximate surface area is 109 Å². The van der Waals surface area contributed by atoms with Crippen LogP contribution in [0.2, 0.25) is 0 Å². The zero-order valence-corrected chi connectivity index (χ0v) is 11.6. The molecule has 17 heavy (non-hydrogen) atoms. The summed E-state index contributed by atoms with van der Waals surface area (Å²) in [7, 11) is 0. The molecule has 0 bridgehead atoms. The van der Waals surface area contributed by atoms with E-state index in [1.165, 1.54) is 49.0 Å². The van der Waals surface area contributed by atoms with Crippen LogP contribution in [0.25, 0.3) is 0 Å². The Morgan fingerprint density at radius 3 is 2.29 bits per heavy atom. The third-order valence-corrected chi connectivity index (χ3v) is 4.35. The molecule has 1 saturated carbocycles. The van der Waals surface area contributed by atoms with Gasteiger partial charge < -0.3 is 5.32 Å². The van der Waals surface area contributed by atoms with Gasteiger partial charge in [0.1, 0.15) is 0 Å². The first-order chi connectivity index (χ1) is 8.38. The highest BCUT2D eigenvalue weighted by atomic mass is 32.2. The van der Waals surface area contributed by atoms with E-state index in [-0.39, 0.29) is 0 Å². The molecule has 1 aliphatic carbocycles. The molecule has 94 valence electrons. The summed E-state index contributed by atoms with van der Waals surface area (Å²) < 4.78 is 0. The molecule has 2 rings (SSSR count). The maximum atomic E-state index is 3.71. The number of hydrogen-bond donors (Lipinski definition) is 1. The largest absolute Gasteiger partial charge is 0.310 e. The van der Waals surface area contributed by atoms with Gasteiger partial charge in [0.25, 0.3) is 0 Å². The SMILES string of the molecule is CSc1ccc(CNC2CCCCCC2)cc1. The minimum Gasteiger partial charge on any atom is -0.310 e. The topological polar surface area (TPSA) is 12.0 Å². The summed E-state index contributed by atoms with van der Waals surface area (Å²) in [6.45, 7) is 1.03. The van der Waals surface area contributed by atoms with Crippen LogP contribution in [0, 0.1) is 0 Å². The van der Waals surface area contributed by atoms with Gasteiger partial charge in [-0.1, -0.05) is 37.8 Å². The van der Waals surface area contributed by atoms with Gasteiger partial charge in [-0.05, 0) is 36.8 Å². The fraction of sp³-hybridized carbons (Fsp3) is 0.600. The summed E-state index contributed by atoms with van der Waals surface area (Å²) in [6, 6.07) is 9.67. The maximum Gasteiger partial charge on any atom is 0.0208 e. The average Bonchev–Trinajstić information content (AvgIpc) is 2.65. The van der Waals surface area contributed by atoms with Crippen molar-refractivity contribution in [2.24, 2.45) is 0 Å². The smallest absolute Gasteiger partial charge is 0.0208 e. The van der Waals surface area contributed by atoms with Gasteiger partial charge >= 0.3 is 0 Å². The van der Waals surface area contributed by atoms with Gasteiger partial charge in [0, 0.05) is 17.5 Å². The Morgan fingerprint density at radius 1 is 1.06 bits per heavy atom. The highest BCUT2D eigenvalue weighted by Gasteiger charge is 2.10. The molecular weight excluding hydrogens is 226 g/mol. The summed E-state index contributed by atoms with van der Waals surface area (Å²) in [5.41, 5.74) is 1.41. The summed E-state index contributed by atoms with van der Waals surface area (Å²) in [6.07, 6.45) is 10.5. The first-order valence-electron chi connectivity index (χ1n) is 6.75. The summed E-state index contributed by atoms with van der Waals surface area (Å²) in [4.78, 5) is 1.35. The van der Waals surface area contributed by atoms with Gasteiger partial charge in [0.2, 0.25) is 0 Å². The monoisotopic (exact) mass is 249 g/mol. The molecular formula is C15H23NS. The Hall–Kier alpha value is -0.470. The van der Waals surface area contributed by atoms with Crippen molar-refractivity contribution in [3.05, 3.63) is 29.8 Å². The van der Waals surface area contributed by atoms with Gasteiger partial charge in [-0.2, -0.15) is 0 Å². The van der Waals surface area contributed by atoms with Crippen LogP contribution < -0.4 is 5.32 Å². The molecule has 1 fully saturated rings. The Morgan fingerprint density at radius 2 is 1.71 bits per heavy atom. The molecule has 0 saturated heterocycles. The van der Waals surface area contributed by atoms with Crippen LogP contribution in [0.15, 0.2) is 29.2 Å². The highest BCUT2D eigenvalue weighted by molar-refractivity contribution is 7.98. The molecule has 0 spiro atoms. The van der Waals surface area contributed by atoms with Crippen LogP contribution in [-0.4, -0.2) is 12.3 Å². The van der Waals surface area contributed by atoms with Gasteiger partial charge in [-0.25, -0.2) is 0 Å². The van der Waals surface area contributed by atoms with Crippen molar-refractivity contribution >= 4 is 11.8 Å². The Bertz CT molecular complexity index is 312. The van der Waals surface area contributed by atoms with Crippen LogP contribution >= 0.6 is 11.8 Å². The minimum absolute atomic E-state index is 0.748. The fourth-order valence-electron chi connectivity index (χ4n) is 2.49. The molecule has 0 heterocycles. The van der Waals surface area contributed by atoms with E-state index in [2.05, 4.69) is 35.8 Å². The van der Waals surface area contributed by atoms with Crippen molar-refractivity contribution in [3.8, 4) is 0 Å². The van der Waals surface area contributed by atoms with Crippen molar-refractivity contribution < 1.29 is 0 Å². The standard InChI is InChI=1S/C15H23NS/c1-17-15-10-8-13(9-11-15)12-16-14-6-4-2-3-5-7-14/h8-11,14,16H,2-7,12H2,1H3. The Kier molecular flexibility index (Phi) is 5.40. The predicted molar refractivity (Wildman–Crippen MR) is 76.6 cm³/mol. The van der Waals surface area contributed by atoms with Crippen molar-refractivity contribution in [1.82, 2.24) is 5.32 Å². The highest BCUT2D eigenvalue weighted by Crippen LogP contribution is 2.18. The van der Waals surface area contributed by atoms with E-state index in [0.29, 0.717) is 0 Å². The van der Waals surface area contributed by atoms with E-state index in [1.807, 2.05) is 0 Å². The van der Waals surface area contributed by atoms with E-state index in [4.69, 9.17) is 0 Å². The Balaban J connectivity index is 1.79. The second-order valence-corrected chi connectivity index (χ2v) is 5.80. The zero-order chi connectivity index (χ0) is 11.9. The quantitative estimate of drug-likeness (QED) is 0.633. The third-order valence-electron chi connectivity index (χ3n) is 3.61. The molecule has 1 aromatic rings. The molecule has 0 atom stereocenters. The van der Waals surface area contributed by atoms with Crippen LogP contribution in [0.4, 0.5) is 0 Å². The van der Waals surface area contributed by atoms with Gasteiger partial charge in [0.15, 0.2) is 0 Å². The second kappa shape index (κ2) is 7.07. The lowest BCUT2D eigenvalue weighted by Gasteiger charge is -2.16. The summed E-state index contributed by atoms with van der Waals surface area (Å²) in [5.74, 6) is 0. The molecule has 0 amide bonds. The molecule has 0 unspecified atom stereocenters. The fourth-order valence-corrected chi connectivity index (χ4v) is 2.90. The van der Waals surface area contributed by atoms with Crippen molar-refractivity contribution in [2.75, 3.05) is 6.26 Å². The lowest BCUT2D eigenvalue weighted by atomic mass is 10.1. The molecule has 1 aromatic carbocycles. The normalized spacial score (nSPS) is 17.9. The molecule has 1 N–H and O–H groups in total. The number of rotatable bonds is 4. The minimum atomic E-state index is 0.748. The van der Waals surface area contributed by atoms with Crippen LogP contribution in [0.5, 0.6) is 0 Å². The number of nitrogens with one attached hydrogen (secondary N) is 1. The molecule has 0 aromatic heterocycles. The molecule has 1 nitrogen and oxygen atoms in total. The van der Waals surface area contributed by atoms with E-state index < -0.39 is 0 Å². The van der Waals surface area contributed by atoms with Crippen LogP contribution in [0.3, 0.4) is 0 Å². The van der Waals surface area contributed by atoms with E-state index in [1.54, 1.807) is 11.8 Å². The number of thioether (sulfide) groups is 1. The third kappa shape index (κ3) is 4.36. The van der Waals surface area contributed by atoms with Gasteiger partial charge in [-0.3, -0.25) is 0 Å². The summed E-state index contributed by atoms with van der Waals surface area (Å²) >= 11 is 1.81.